The van der Waals surface area contributed by atoms with Crippen molar-refractivity contribution >= 4 is 22.9 Å². The van der Waals surface area contributed by atoms with Gasteiger partial charge in [0.25, 0.3) is 0 Å². The minimum atomic E-state index is -1.10. The third kappa shape index (κ3) is 2.70. The summed E-state index contributed by atoms with van der Waals surface area (Å²) in [6, 6.07) is 4.26. The van der Waals surface area contributed by atoms with Gasteiger partial charge in [0.05, 0.1) is 12.6 Å². The van der Waals surface area contributed by atoms with E-state index in [1.807, 2.05) is 0 Å². The van der Waals surface area contributed by atoms with E-state index in [9.17, 15) is 9.18 Å². The summed E-state index contributed by atoms with van der Waals surface area (Å²) in [4.78, 5) is 14.9. The fourth-order valence-corrected chi connectivity index (χ4v) is 1.87. The number of aliphatic carboxylic acids is 1. The topological polar surface area (TPSA) is 59.4 Å². The van der Waals surface area contributed by atoms with E-state index < -0.39 is 11.8 Å². The number of aryl methyl sites for hydroxylation is 1. The molecule has 0 unspecified atom stereocenters. The van der Waals surface area contributed by atoms with Gasteiger partial charge in [-0.2, -0.15) is 0 Å². The van der Waals surface area contributed by atoms with Gasteiger partial charge in [0.15, 0.2) is 0 Å². The molecule has 0 atom stereocenters. The van der Waals surface area contributed by atoms with Crippen LogP contribution in [0.15, 0.2) is 24.3 Å². The van der Waals surface area contributed by atoms with Gasteiger partial charge in [0, 0.05) is 28.8 Å². The lowest BCUT2D eigenvalue weighted by Gasteiger charge is -2.09. The van der Waals surface area contributed by atoms with Crippen LogP contribution in [0.1, 0.15) is 11.3 Å². The second-order valence-electron chi connectivity index (χ2n) is 4.03. The zero-order valence-corrected chi connectivity index (χ0v) is 10.5. The number of aromatic nitrogens is 1. The van der Waals surface area contributed by atoms with Crippen molar-refractivity contribution < 1.29 is 19.0 Å². The number of carboxylic acid groups (broad SMARTS) is 1. The molecule has 0 spiro atoms. The zero-order chi connectivity index (χ0) is 14.0. The number of pyridine rings is 1. The van der Waals surface area contributed by atoms with E-state index in [0.717, 1.165) is 6.08 Å². The van der Waals surface area contributed by atoms with Crippen molar-refractivity contribution in [1.82, 2.24) is 4.98 Å². The quantitative estimate of drug-likeness (QED) is 0.863. The van der Waals surface area contributed by atoms with Crippen molar-refractivity contribution in [2.24, 2.45) is 0 Å². The number of carboxylic acids is 1. The van der Waals surface area contributed by atoms with E-state index in [1.54, 1.807) is 13.0 Å². The molecule has 0 radical (unpaired) electrons. The molecule has 0 fully saturated rings. The van der Waals surface area contributed by atoms with Crippen molar-refractivity contribution in [1.29, 1.82) is 0 Å². The van der Waals surface area contributed by atoms with E-state index >= 15 is 0 Å². The van der Waals surface area contributed by atoms with E-state index in [0.29, 0.717) is 27.9 Å². The van der Waals surface area contributed by atoms with E-state index in [-0.39, 0.29) is 0 Å². The molecule has 2 rings (SSSR count). The normalized spacial score (nSPS) is 11.1. The first-order chi connectivity index (χ1) is 9.01. The van der Waals surface area contributed by atoms with Crippen LogP contribution < -0.4 is 4.74 Å². The van der Waals surface area contributed by atoms with Crippen molar-refractivity contribution in [3.8, 4) is 5.75 Å². The molecule has 2 aromatic rings. The molecule has 5 heteroatoms. The van der Waals surface area contributed by atoms with Crippen LogP contribution in [0.2, 0.25) is 0 Å². The molecule has 4 nitrogen and oxygen atoms in total. The van der Waals surface area contributed by atoms with Crippen LogP contribution >= 0.6 is 0 Å². The summed E-state index contributed by atoms with van der Waals surface area (Å²) in [5, 5.41) is 9.16. The number of fused-ring (bicyclic) bond motifs is 1. The number of ether oxygens (including phenoxy) is 1. The van der Waals surface area contributed by atoms with Crippen LogP contribution in [-0.4, -0.2) is 23.2 Å². The SMILES string of the molecule is COc1cc(C)nc2c(/C=C/C(=O)O)cc(F)cc12. The minimum Gasteiger partial charge on any atom is -0.496 e. The highest BCUT2D eigenvalue weighted by atomic mass is 19.1. The molecule has 0 aliphatic carbocycles. The molecule has 0 saturated carbocycles. The predicted molar refractivity (Wildman–Crippen MR) is 69.7 cm³/mol. The number of hydrogen-bond donors (Lipinski definition) is 1. The molecule has 1 heterocycles. The summed E-state index contributed by atoms with van der Waals surface area (Å²) in [7, 11) is 1.49. The maximum Gasteiger partial charge on any atom is 0.328 e. The largest absolute Gasteiger partial charge is 0.496 e. The Bertz CT molecular complexity index is 680. The van der Waals surface area contributed by atoms with Gasteiger partial charge in [-0.25, -0.2) is 9.18 Å². The standard InChI is InChI=1S/C14H12FNO3/c1-8-5-12(19-2)11-7-10(15)6-9(14(11)16-8)3-4-13(17)18/h3-7H,1-2H3,(H,17,18)/b4-3+. The Labute approximate surface area is 109 Å². The Morgan fingerprint density at radius 2 is 2.16 bits per heavy atom. The van der Waals surface area contributed by atoms with Crippen molar-refractivity contribution in [2.75, 3.05) is 7.11 Å². The van der Waals surface area contributed by atoms with E-state index in [2.05, 4.69) is 4.98 Å². The zero-order valence-electron chi connectivity index (χ0n) is 10.5. The lowest BCUT2D eigenvalue weighted by atomic mass is 10.1. The van der Waals surface area contributed by atoms with Gasteiger partial charge in [0.1, 0.15) is 11.6 Å². The summed E-state index contributed by atoms with van der Waals surface area (Å²) >= 11 is 0. The summed E-state index contributed by atoms with van der Waals surface area (Å²) in [5.41, 5.74) is 1.62. The maximum atomic E-state index is 13.6. The monoisotopic (exact) mass is 261 g/mol. The fourth-order valence-electron chi connectivity index (χ4n) is 1.87. The van der Waals surface area contributed by atoms with Gasteiger partial charge >= 0.3 is 5.97 Å². The number of nitrogens with zero attached hydrogens (tertiary/aromatic N) is 1. The molecular formula is C14H12FNO3. The lowest BCUT2D eigenvalue weighted by molar-refractivity contribution is -0.131. The molecule has 0 aliphatic heterocycles. The van der Waals surface area contributed by atoms with Gasteiger partial charge in [0.2, 0.25) is 0 Å². The summed E-state index contributed by atoms with van der Waals surface area (Å²) in [6.45, 7) is 1.79. The lowest BCUT2D eigenvalue weighted by Crippen LogP contribution is -1.94. The van der Waals surface area contributed by atoms with Crippen LogP contribution in [0.5, 0.6) is 5.75 Å². The molecular weight excluding hydrogens is 249 g/mol. The second-order valence-corrected chi connectivity index (χ2v) is 4.03. The van der Waals surface area contributed by atoms with Gasteiger partial charge < -0.3 is 9.84 Å². The van der Waals surface area contributed by atoms with Crippen molar-refractivity contribution in [2.45, 2.75) is 6.92 Å². The van der Waals surface area contributed by atoms with Crippen molar-refractivity contribution in [3.05, 3.63) is 41.3 Å². The average Bonchev–Trinajstić information content (AvgIpc) is 2.35. The van der Waals surface area contributed by atoms with Gasteiger partial charge in [-0.15, -0.1) is 0 Å². The molecule has 1 N–H and O–H groups in total. The van der Waals surface area contributed by atoms with Crippen LogP contribution in [0.25, 0.3) is 17.0 Å². The molecule has 0 bridgehead atoms. The first-order valence-electron chi connectivity index (χ1n) is 5.57. The smallest absolute Gasteiger partial charge is 0.328 e. The van der Waals surface area contributed by atoms with Gasteiger partial charge in [-0.3, -0.25) is 4.98 Å². The van der Waals surface area contributed by atoms with Crippen LogP contribution in [0.4, 0.5) is 4.39 Å². The third-order valence-corrected chi connectivity index (χ3v) is 2.62. The first-order valence-corrected chi connectivity index (χ1v) is 5.57. The highest BCUT2D eigenvalue weighted by Crippen LogP contribution is 2.29. The number of carbonyl (C=O) groups is 1. The number of methoxy groups -OCH3 is 1. The van der Waals surface area contributed by atoms with Crippen LogP contribution in [0, 0.1) is 12.7 Å². The number of hydrogen-bond acceptors (Lipinski definition) is 3. The Morgan fingerprint density at radius 3 is 2.79 bits per heavy atom. The molecule has 19 heavy (non-hydrogen) atoms. The van der Waals surface area contributed by atoms with Crippen molar-refractivity contribution in [3.63, 3.8) is 0 Å². The molecule has 1 aromatic carbocycles. The van der Waals surface area contributed by atoms with Gasteiger partial charge in [-0.05, 0) is 25.1 Å². The minimum absolute atomic E-state index is 0.402. The Balaban J connectivity index is 2.76. The second kappa shape index (κ2) is 5.06. The molecule has 98 valence electrons. The number of benzene rings is 1. The average molecular weight is 261 g/mol. The third-order valence-electron chi connectivity index (χ3n) is 2.62. The predicted octanol–water partition coefficient (Wildman–Crippen LogP) is 2.79. The highest BCUT2D eigenvalue weighted by molar-refractivity contribution is 5.95. The van der Waals surface area contributed by atoms with E-state index in [1.165, 1.54) is 25.3 Å². The Kier molecular flexibility index (Phi) is 3.46. The molecule has 0 aliphatic rings. The number of rotatable bonds is 3. The van der Waals surface area contributed by atoms with Crippen LogP contribution in [-0.2, 0) is 4.79 Å². The Morgan fingerprint density at radius 1 is 1.42 bits per heavy atom. The fraction of sp³-hybridized carbons (Fsp3) is 0.143. The van der Waals surface area contributed by atoms with Gasteiger partial charge in [-0.1, -0.05) is 0 Å². The Hall–Kier alpha value is -2.43. The maximum absolute atomic E-state index is 13.6. The molecule has 0 amide bonds. The molecule has 1 aromatic heterocycles. The number of halogens is 1. The molecule has 0 saturated heterocycles. The van der Waals surface area contributed by atoms with Crippen LogP contribution in [0.3, 0.4) is 0 Å². The summed E-state index contributed by atoms with van der Waals surface area (Å²) in [6.07, 6.45) is 2.27. The first kappa shape index (κ1) is 13.0. The van der Waals surface area contributed by atoms with E-state index in [4.69, 9.17) is 9.84 Å². The highest BCUT2D eigenvalue weighted by Gasteiger charge is 2.10. The summed E-state index contributed by atoms with van der Waals surface area (Å²) < 4.78 is 18.8. The summed E-state index contributed by atoms with van der Waals surface area (Å²) in [5.74, 6) is -1.06.